The first kappa shape index (κ1) is 18.2. The van der Waals surface area contributed by atoms with Crippen LogP contribution in [0.25, 0.3) is 11.4 Å². The Morgan fingerprint density at radius 2 is 2.12 bits per heavy atom. The van der Waals surface area contributed by atoms with Crippen molar-refractivity contribution < 1.29 is 32.5 Å². The van der Waals surface area contributed by atoms with Crippen molar-refractivity contribution in [2.75, 3.05) is 13.7 Å². The Morgan fingerprint density at radius 1 is 1.42 bits per heavy atom. The smallest absolute Gasteiger partial charge is 0.424 e. The Labute approximate surface area is 146 Å². The summed E-state index contributed by atoms with van der Waals surface area (Å²) in [5.74, 6) is -0.939. The van der Waals surface area contributed by atoms with E-state index in [1.54, 1.807) is 11.6 Å². The highest BCUT2D eigenvalue weighted by Crippen LogP contribution is 2.42. The van der Waals surface area contributed by atoms with Crippen molar-refractivity contribution in [3.05, 3.63) is 18.1 Å². The van der Waals surface area contributed by atoms with Gasteiger partial charge < -0.3 is 19.1 Å². The van der Waals surface area contributed by atoms with Crippen LogP contribution in [0.5, 0.6) is 5.88 Å². The van der Waals surface area contributed by atoms with Gasteiger partial charge in [0.15, 0.2) is 12.4 Å². The summed E-state index contributed by atoms with van der Waals surface area (Å²) in [7, 11) is 1.22. The molecule has 0 aromatic carbocycles. The van der Waals surface area contributed by atoms with E-state index in [1.807, 2.05) is 0 Å². The largest absolute Gasteiger partial charge is 0.466 e. The van der Waals surface area contributed by atoms with E-state index in [0.717, 1.165) is 0 Å². The van der Waals surface area contributed by atoms with E-state index < -0.39 is 29.6 Å². The summed E-state index contributed by atoms with van der Waals surface area (Å²) in [5.41, 5.74) is -2.25. The summed E-state index contributed by atoms with van der Waals surface area (Å²) in [6, 6.07) is 1.06. The fraction of sp³-hybridized carbons (Fsp3) is 0.533. The lowest BCUT2D eigenvalue weighted by molar-refractivity contribution is -0.262. The maximum Gasteiger partial charge on any atom is 0.424 e. The van der Waals surface area contributed by atoms with Gasteiger partial charge in [-0.2, -0.15) is 13.2 Å². The zero-order valence-corrected chi connectivity index (χ0v) is 14.2. The lowest BCUT2D eigenvalue weighted by atomic mass is 10.0. The molecule has 2 aromatic heterocycles. The van der Waals surface area contributed by atoms with Gasteiger partial charge in [0.05, 0.1) is 37.3 Å². The van der Waals surface area contributed by atoms with Crippen LogP contribution in [0, 0.1) is 0 Å². The van der Waals surface area contributed by atoms with Crippen LogP contribution < -0.4 is 4.74 Å². The third-order valence-corrected chi connectivity index (χ3v) is 4.25. The van der Waals surface area contributed by atoms with E-state index in [9.17, 15) is 23.1 Å². The summed E-state index contributed by atoms with van der Waals surface area (Å²) in [4.78, 5) is 15.0. The van der Waals surface area contributed by atoms with Crippen molar-refractivity contribution in [1.82, 2.24) is 19.3 Å². The summed E-state index contributed by atoms with van der Waals surface area (Å²) in [5, 5.41) is 14.2. The molecule has 8 nitrogen and oxygen atoms in total. The van der Waals surface area contributed by atoms with Gasteiger partial charge in [-0.15, -0.1) is 5.10 Å². The van der Waals surface area contributed by atoms with Crippen molar-refractivity contribution >= 4 is 5.97 Å². The van der Waals surface area contributed by atoms with Crippen LogP contribution in [-0.2, 0) is 21.7 Å². The molecule has 142 valence electrons. The van der Waals surface area contributed by atoms with Gasteiger partial charge in [-0.3, -0.25) is 4.68 Å². The van der Waals surface area contributed by atoms with Crippen molar-refractivity contribution in [2.45, 2.75) is 38.2 Å². The second kappa shape index (κ2) is 6.01. The molecule has 1 unspecified atom stereocenters. The van der Waals surface area contributed by atoms with Crippen LogP contribution in [0.15, 0.2) is 12.3 Å². The number of nitrogens with zero attached hydrogens (tertiary/aromatic N) is 4. The van der Waals surface area contributed by atoms with Crippen molar-refractivity contribution in [2.24, 2.45) is 0 Å². The maximum atomic E-state index is 13.2. The standard InChI is InChI=1S/C15H17F3N4O4/c1-8-6-21-9(4-11(20-21)26-7-12(23)25-3)10-5-19-13(22(8)10)14(2,24)15(16,17)18/h4-5,8,24H,6-7H2,1-3H3/t8-,14?/m0/s1. The molecule has 0 fully saturated rings. The number of carbonyl (C=O) groups excluding carboxylic acids is 1. The van der Waals surface area contributed by atoms with E-state index in [2.05, 4.69) is 14.8 Å². The quantitative estimate of drug-likeness (QED) is 0.819. The number of aromatic nitrogens is 4. The van der Waals surface area contributed by atoms with Crippen molar-refractivity contribution in [3.8, 4) is 17.3 Å². The molecule has 0 spiro atoms. The van der Waals surface area contributed by atoms with Crippen molar-refractivity contribution in [1.29, 1.82) is 0 Å². The molecule has 1 aliphatic heterocycles. The van der Waals surface area contributed by atoms with Crippen molar-refractivity contribution in [3.63, 3.8) is 0 Å². The molecule has 0 saturated carbocycles. The van der Waals surface area contributed by atoms with E-state index in [4.69, 9.17) is 4.74 Å². The molecule has 2 atom stereocenters. The molecule has 0 aliphatic carbocycles. The van der Waals surface area contributed by atoms with Gasteiger partial charge in [0, 0.05) is 6.07 Å². The Morgan fingerprint density at radius 3 is 2.73 bits per heavy atom. The number of hydrogen-bond donors (Lipinski definition) is 1. The monoisotopic (exact) mass is 374 g/mol. The summed E-state index contributed by atoms with van der Waals surface area (Å²) < 4.78 is 52.3. The minimum Gasteiger partial charge on any atom is -0.466 e. The first-order valence-electron chi connectivity index (χ1n) is 7.71. The minimum atomic E-state index is -4.87. The zero-order valence-electron chi connectivity index (χ0n) is 14.2. The molecule has 11 heteroatoms. The third-order valence-electron chi connectivity index (χ3n) is 4.25. The lowest BCUT2D eigenvalue weighted by Crippen LogP contribution is -2.42. The number of fused-ring (bicyclic) bond motifs is 3. The van der Waals surface area contributed by atoms with E-state index >= 15 is 0 Å². The highest BCUT2D eigenvalue weighted by Gasteiger charge is 2.55. The second-order valence-electron chi connectivity index (χ2n) is 6.17. The van der Waals surface area contributed by atoms with Gasteiger partial charge in [-0.05, 0) is 13.8 Å². The van der Waals surface area contributed by atoms with Crippen LogP contribution in [0.4, 0.5) is 13.2 Å². The zero-order chi connectivity index (χ0) is 19.3. The molecule has 0 bridgehead atoms. The van der Waals surface area contributed by atoms with Gasteiger partial charge in [0.2, 0.25) is 11.5 Å². The first-order valence-corrected chi connectivity index (χ1v) is 7.71. The molecule has 1 N–H and O–H groups in total. The predicted molar refractivity (Wildman–Crippen MR) is 81.3 cm³/mol. The van der Waals surface area contributed by atoms with Gasteiger partial charge in [-0.25, -0.2) is 9.78 Å². The van der Waals surface area contributed by atoms with Gasteiger partial charge >= 0.3 is 12.1 Å². The van der Waals surface area contributed by atoms with Crippen LogP contribution >= 0.6 is 0 Å². The summed E-state index contributed by atoms with van der Waals surface area (Å²) in [6.45, 7) is 2.28. The average molecular weight is 374 g/mol. The molecule has 3 heterocycles. The summed E-state index contributed by atoms with van der Waals surface area (Å²) >= 11 is 0. The molecule has 3 rings (SSSR count). The number of hydrogen-bond acceptors (Lipinski definition) is 6. The second-order valence-corrected chi connectivity index (χ2v) is 6.17. The van der Waals surface area contributed by atoms with Crippen LogP contribution in [0.3, 0.4) is 0 Å². The molecule has 2 aromatic rings. The van der Waals surface area contributed by atoms with Crippen LogP contribution in [0.2, 0.25) is 0 Å². The molecule has 0 radical (unpaired) electrons. The number of imidazole rings is 1. The van der Waals surface area contributed by atoms with Gasteiger partial charge in [0.25, 0.3) is 0 Å². The third kappa shape index (κ3) is 2.81. The van der Waals surface area contributed by atoms with E-state index in [1.165, 1.54) is 23.9 Å². The highest BCUT2D eigenvalue weighted by atomic mass is 19.4. The van der Waals surface area contributed by atoms with Gasteiger partial charge in [-0.1, -0.05) is 0 Å². The van der Waals surface area contributed by atoms with E-state index in [0.29, 0.717) is 18.3 Å². The molecule has 0 amide bonds. The van der Waals surface area contributed by atoms with E-state index in [-0.39, 0.29) is 19.0 Å². The number of carbonyl (C=O) groups is 1. The lowest BCUT2D eigenvalue weighted by Gasteiger charge is -2.31. The van der Waals surface area contributed by atoms with Crippen LogP contribution in [0.1, 0.15) is 25.7 Å². The fourth-order valence-corrected chi connectivity index (χ4v) is 2.82. The average Bonchev–Trinajstić information content (AvgIpc) is 3.15. The SMILES string of the molecule is COC(=O)COc1cc2n(n1)C[C@H](C)n1c-2cnc1C(C)(O)C(F)(F)F. The Kier molecular flexibility index (Phi) is 4.21. The topological polar surface area (TPSA) is 91.4 Å². The number of ether oxygens (including phenoxy) is 2. The molecule has 26 heavy (non-hydrogen) atoms. The number of rotatable bonds is 4. The predicted octanol–water partition coefficient (Wildman–Crippen LogP) is 1.64. The Balaban J connectivity index is 1.99. The minimum absolute atomic E-state index is 0.136. The molecular weight excluding hydrogens is 357 g/mol. The number of alkyl halides is 3. The number of esters is 1. The van der Waals surface area contributed by atoms with Gasteiger partial charge in [0.1, 0.15) is 0 Å². The normalized spacial score (nSPS) is 18.7. The Bertz CT molecular complexity index is 841. The molecule has 1 aliphatic rings. The van der Waals surface area contributed by atoms with Crippen LogP contribution in [-0.4, -0.2) is 50.3 Å². The highest BCUT2D eigenvalue weighted by molar-refractivity contribution is 5.70. The maximum absolute atomic E-state index is 13.2. The Hall–Kier alpha value is -2.56. The fourth-order valence-electron chi connectivity index (χ4n) is 2.82. The molecular formula is C15H17F3N4O4. The number of halogens is 3. The summed E-state index contributed by atoms with van der Waals surface area (Å²) in [6.07, 6.45) is -3.62. The number of methoxy groups -OCH3 is 1. The first-order chi connectivity index (χ1) is 12.1. The number of aliphatic hydroxyl groups is 1. The molecule has 0 saturated heterocycles.